The van der Waals surface area contributed by atoms with Crippen LogP contribution in [0.5, 0.6) is 23.0 Å². The third-order valence-corrected chi connectivity index (χ3v) is 9.43. The second-order valence-corrected chi connectivity index (χ2v) is 14.4. The number of aliphatic hydroxyl groups is 1. The molecule has 14 nitrogen and oxygen atoms in total. The minimum atomic E-state index is -0.444. The normalized spacial score (nSPS) is 10.1. The number of nitro benzene ring substituents is 1. The number of ether oxygens (including phenoxy) is 2. The van der Waals surface area contributed by atoms with Gasteiger partial charge in [-0.15, -0.1) is 0 Å². The number of pyridine rings is 2. The minimum Gasteiger partial charge on any atom is -0.457 e. The fourth-order valence-electron chi connectivity index (χ4n) is 5.80. The molecule has 0 spiro atoms. The van der Waals surface area contributed by atoms with Crippen LogP contribution in [-0.4, -0.2) is 53.4 Å². The van der Waals surface area contributed by atoms with E-state index in [1.165, 1.54) is 17.2 Å². The number of benzene rings is 4. The molecule has 0 aliphatic carbocycles. The van der Waals surface area contributed by atoms with Crippen LogP contribution >= 0.6 is 12.2 Å². The second-order valence-electron chi connectivity index (χ2n) is 14.2. The van der Waals surface area contributed by atoms with Gasteiger partial charge in [0.15, 0.2) is 0 Å². The van der Waals surface area contributed by atoms with Gasteiger partial charge in [0, 0.05) is 81.7 Å². The van der Waals surface area contributed by atoms with E-state index in [1.807, 2.05) is 80.1 Å². The van der Waals surface area contributed by atoms with E-state index in [0.29, 0.717) is 59.2 Å². The first kappa shape index (κ1) is 49.2. The minimum absolute atomic E-state index is 0.00735. The van der Waals surface area contributed by atoms with Gasteiger partial charge in [-0.05, 0) is 93.7 Å². The lowest BCUT2D eigenvalue weighted by molar-refractivity contribution is -0.385. The van der Waals surface area contributed by atoms with Crippen molar-refractivity contribution in [2.45, 2.75) is 60.3 Å². The summed E-state index contributed by atoms with van der Waals surface area (Å²) in [6, 6.07) is 33.4. The first-order valence-electron chi connectivity index (χ1n) is 20.3. The van der Waals surface area contributed by atoms with Gasteiger partial charge in [-0.1, -0.05) is 49.2 Å². The van der Waals surface area contributed by atoms with Gasteiger partial charge in [-0.2, -0.15) is 4.99 Å². The number of anilines is 2. The number of hydrogen-bond acceptors (Lipinski definition) is 13. The predicted molar refractivity (Wildman–Crippen MR) is 254 cm³/mol. The number of aliphatic imine (C=N–C) groups is 1. The van der Waals surface area contributed by atoms with E-state index < -0.39 is 4.92 Å². The van der Waals surface area contributed by atoms with E-state index in [-0.39, 0.29) is 23.7 Å². The van der Waals surface area contributed by atoms with Crippen LogP contribution in [0.4, 0.5) is 23.0 Å². The van der Waals surface area contributed by atoms with Crippen LogP contribution < -0.4 is 14.8 Å². The lowest BCUT2D eigenvalue weighted by atomic mass is 10.1. The molecule has 7 rings (SSSR count). The molecule has 4 aromatic carbocycles. The average Bonchev–Trinajstić information content (AvgIpc) is 3.60. The number of nitrogens with zero attached hydrogens (tertiary/aromatic N) is 6. The van der Waals surface area contributed by atoms with Crippen LogP contribution in [0.1, 0.15) is 54.8 Å². The Balaban J connectivity index is 0.000000230. The van der Waals surface area contributed by atoms with Crippen molar-refractivity contribution < 1.29 is 29.1 Å². The molecule has 0 radical (unpaired) electrons. The standard InChI is InChI=1S/C24H24N4O2.C16H16N2O4.C8H7NS.CH4O/c1-4-19(29)13-18-14-21(11-12-25-18)30-20-9-10-23-22(15-20)27-24(28(23)3)26-17-7-5-16(2)6-8-17;1-3-13(19)8-12-9-15(6-7-17-12)22-14-5-4-11(2)16(10-14)18(20)21;1-7-2-4-8(5-3-7)9-6-10;1-2/h5-12,14-15H,4,13H2,1-3H3,(H,26,27);4-7,9-10H,3,8H2,1-2H3;2-5H,1H3;2H,1H3. The summed E-state index contributed by atoms with van der Waals surface area (Å²) in [6.45, 7) is 9.42. The summed E-state index contributed by atoms with van der Waals surface area (Å²) in [5, 5.41) is 23.6. The highest BCUT2D eigenvalue weighted by molar-refractivity contribution is 7.78. The number of nitrogens with one attached hydrogen (secondary N) is 1. The Bertz CT molecular complexity index is 2710. The molecule has 330 valence electrons. The summed E-state index contributed by atoms with van der Waals surface area (Å²) in [5.74, 6) is 3.20. The maximum atomic E-state index is 11.7. The van der Waals surface area contributed by atoms with Gasteiger partial charge < -0.3 is 24.5 Å². The highest BCUT2D eigenvalue weighted by atomic mass is 32.1. The van der Waals surface area contributed by atoms with Gasteiger partial charge in [0.2, 0.25) is 5.95 Å². The summed E-state index contributed by atoms with van der Waals surface area (Å²) in [5.41, 5.74) is 8.03. The number of fused-ring (bicyclic) bond motifs is 1. The van der Waals surface area contributed by atoms with Crippen LogP contribution in [0, 0.1) is 30.9 Å². The van der Waals surface area contributed by atoms with Crippen molar-refractivity contribution >= 4 is 63.0 Å². The number of rotatable bonds is 14. The van der Waals surface area contributed by atoms with Gasteiger partial charge >= 0.3 is 0 Å². The van der Waals surface area contributed by atoms with Crippen molar-refractivity contribution in [3.05, 3.63) is 160 Å². The van der Waals surface area contributed by atoms with E-state index in [0.717, 1.165) is 35.5 Å². The van der Waals surface area contributed by atoms with E-state index in [2.05, 4.69) is 56.7 Å². The molecule has 3 aromatic heterocycles. The Morgan fingerprint density at radius 2 is 1.25 bits per heavy atom. The number of imidazole rings is 1. The van der Waals surface area contributed by atoms with Crippen molar-refractivity contribution in [1.82, 2.24) is 19.5 Å². The summed E-state index contributed by atoms with van der Waals surface area (Å²) < 4.78 is 13.6. The first-order valence-corrected chi connectivity index (χ1v) is 20.7. The van der Waals surface area contributed by atoms with Gasteiger partial charge in [0.25, 0.3) is 5.69 Å². The van der Waals surface area contributed by atoms with Gasteiger partial charge in [-0.25, -0.2) is 4.98 Å². The van der Waals surface area contributed by atoms with Crippen LogP contribution in [0.2, 0.25) is 0 Å². The van der Waals surface area contributed by atoms with E-state index in [9.17, 15) is 19.7 Å². The molecule has 0 unspecified atom stereocenters. The van der Waals surface area contributed by atoms with Crippen LogP contribution in [-0.2, 0) is 29.5 Å². The third-order valence-electron chi connectivity index (χ3n) is 9.34. The van der Waals surface area contributed by atoms with Crippen molar-refractivity contribution in [3.8, 4) is 23.0 Å². The lowest BCUT2D eigenvalue weighted by Gasteiger charge is -2.07. The molecule has 15 heteroatoms. The van der Waals surface area contributed by atoms with Gasteiger partial charge in [-0.3, -0.25) is 29.7 Å². The Labute approximate surface area is 377 Å². The molecule has 0 atom stereocenters. The summed E-state index contributed by atoms with van der Waals surface area (Å²) in [4.78, 5) is 50.5. The Kier molecular flexibility index (Phi) is 19.1. The monoisotopic (exact) mass is 881 g/mol. The number of nitro groups is 1. The Morgan fingerprint density at radius 1 is 0.750 bits per heavy atom. The number of ketones is 2. The number of carbonyl (C=O) groups is 2. The fourth-order valence-corrected chi connectivity index (χ4v) is 5.91. The zero-order valence-electron chi connectivity index (χ0n) is 36.9. The van der Waals surface area contributed by atoms with Crippen molar-refractivity contribution in [3.63, 3.8) is 0 Å². The third kappa shape index (κ3) is 15.2. The molecule has 0 saturated carbocycles. The first-order chi connectivity index (χ1) is 30.8. The largest absolute Gasteiger partial charge is 0.457 e. The van der Waals surface area contributed by atoms with Crippen LogP contribution in [0.25, 0.3) is 11.0 Å². The smallest absolute Gasteiger partial charge is 0.276 e. The van der Waals surface area contributed by atoms with Crippen molar-refractivity contribution in [2.75, 3.05) is 12.4 Å². The molecule has 64 heavy (non-hydrogen) atoms. The average molecular weight is 882 g/mol. The number of isothiocyanates is 1. The number of carbonyl (C=O) groups excluding carboxylic acids is 2. The highest BCUT2D eigenvalue weighted by Crippen LogP contribution is 2.30. The number of aliphatic hydroxyl groups excluding tert-OH is 1. The van der Waals surface area contributed by atoms with Crippen molar-refractivity contribution in [2.24, 2.45) is 12.0 Å². The number of hydrogen-bond donors (Lipinski definition) is 2. The number of thiocarbonyl (C=S) groups is 1. The Hall–Kier alpha value is -7.45. The van der Waals surface area contributed by atoms with Gasteiger partial charge in [0.05, 0.1) is 44.3 Å². The van der Waals surface area contributed by atoms with Crippen molar-refractivity contribution in [1.29, 1.82) is 0 Å². The number of aryl methyl sites for hydroxylation is 4. The molecular formula is C49H51N7O7S. The molecule has 2 N–H and O–H groups in total. The maximum Gasteiger partial charge on any atom is 0.276 e. The molecule has 0 aliphatic heterocycles. The van der Waals surface area contributed by atoms with Crippen LogP contribution in [0.3, 0.4) is 0 Å². The molecule has 7 aromatic rings. The van der Waals surface area contributed by atoms with E-state index in [4.69, 9.17) is 19.6 Å². The molecule has 0 bridgehead atoms. The fraction of sp³-hybridized carbons (Fsp3) is 0.224. The predicted octanol–water partition coefficient (Wildman–Crippen LogP) is 11.3. The van der Waals surface area contributed by atoms with E-state index >= 15 is 0 Å². The lowest BCUT2D eigenvalue weighted by Crippen LogP contribution is -2.02. The Morgan fingerprint density at radius 3 is 1.77 bits per heavy atom. The second kappa shape index (κ2) is 24.9. The summed E-state index contributed by atoms with van der Waals surface area (Å²) >= 11 is 4.45. The molecule has 0 fully saturated rings. The quantitative estimate of drug-likeness (QED) is 0.0457. The zero-order chi connectivity index (χ0) is 46.6. The molecule has 0 saturated heterocycles. The van der Waals surface area contributed by atoms with Crippen LogP contribution in [0.15, 0.2) is 127 Å². The molecule has 0 amide bonds. The summed E-state index contributed by atoms with van der Waals surface area (Å²) in [6.07, 6.45) is 4.74. The zero-order valence-corrected chi connectivity index (χ0v) is 37.7. The number of Topliss-reactive ketones (excluding diaryl/α,β-unsaturated/α-hetero) is 2. The highest BCUT2D eigenvalue weighted by Gasteiger charge is 2.14. The topological polar surface area (TPSA) is 184 Å². The van der Waals surface area contributed by atoms with E-state index in [1.54, 1.807) is 62.6 Å². The SMILES string of the molecule is CCC(=O)Cc1cc(Oc2ccc(C)c([N+](=O)[O-])c2)ccn1.CCC(=O)Cc1cc(Oc2ccc3c(c2)nc(Nc2ccc(C)cc2)n3C)ccn1.CO.Cc1ccc(N=C=S)cc1. The maximum absolute atomic E-state index is 11.7. The van der Waals surface area contributed by atoms with Gasteiger partial charge in [0.1, 0.15) is 34.6 Å². The molecule has 3 heterocycles. The molecular weight excluding hydrogens is 831 g/mol. The number of aromatic nitrogens is 4. The summed E-state index contributed by atoms with van der Waals surface area (Å²) in [7, 11) is 2.98. The molecule has 0 aliphatic rings.